The number of amides is 1. The molecule has 7 heteroatoms. The topological polar surface area (TPSA) is 77.0 Å². The normalized spacial score (nSPS) is 10.8. The first-order valence-corrected chi connectivity index (χ1v) is 11.3. The molecule has 0 saturated heterocycles. The average Bonchev–Trinajstić information content (AvgIpc) is 3.32. The van der Waals surface area contributed by atoms with Crippen molar-refractivity contribution in [3.05, 3.63) is 108 Å². The number of rotatable bonds is 7. The van der Waals surface area contributed by atoms with E-state index >= 15 is 0 Å². The van der Waals surface area contributed by atoms with Gasteiger partial charge in [-0.15, -0.1) is 11.3 Å². The number of pyridine rings is 2. The van der Waals surface area contributed by atoms with E-state index in [4.69, 9.17) is 4.74 Å². The van der Waals surface area contributed by atoms with Gasteiger partial charge in [0.1, 0.15) is 17.9 Å². The number of benzene rings is 2. The number of nitrogens with one attached hydrogen (secondary N) is 1. The van der Waals surface area contributed by atoms with Gasteiger partial charge in [-0.25, -0.2) is 4.98 Å². The number of carbonyl (C=O) groups is 1. The van der Waals surface area contributed by atoms with Gasteiger partial charge in [0.25, 0.3) is 5.91 Å². The van der Waals surface area contributed by atoms with Gasteiger partial charge in [0.05, 0.1) is 10.4 Å². The third-order valence-electron chi connectivity index (χ3n) is 5.07. The van der Waals surface area contributed by atoms with E-state index in [1.54, 1.807) is 18.6 Å². The quantitative estimate of drug-likeness (QED) is 0.364. The highest BCUT2D eigenvalue weighted by Crippen LogP contribution is 2.35. The molecule has 0 unspecified atom stereocenters. The van der Waals surface area contributed by atoms with Crippen LogP contribution in [0.15, 0.2) is 91.4 Å². The first-order chi connectivity index (χ1) is 16.3. The summed E-state index contributed by atoms with van der Waals surface area (Å²) in [7, 11) is 0. The van der Waals surface area contributed by atoms with E-state index in [-0.39, 0.29) is 5.91 Å². The van der Waals surface area contributed by atoms with Gasteiger partial charge in [-0.3, -0.25) is 14.8 Å². The summed E-state index contributed by atoms with van der Waals surface area (Å²) < 4.78 is 7.00. The van der Waals surface area contributed by atoms with Crippen LogP contribution in [0.3, 0.4) is 0 Å². The van der Waals surface area contributed by atoms with E-state index in [2.05, 4.69) is 20.3 Å². The molecule has 1 N–H and O–H groups in total. The Bertz CT molecular complexity index is 1370. The molecular formula is C26H20N4O2S. The van der Waals surface area contributed by atoms with Gasteiger partial charge in [0, 0.05) is 25.1 Å². The Labute approximate surface area is 195 Å². The average molecular weight is 453 g/mol. The first kappa shape index (κ1) is 20.8. The summed E-state index contributed by atoms with van der Waals surface area (Å²) in [5, 5.41) is 3.35. The zero-order valence-electron chi connectivity index (χ0n) is 17.6. The van der Waals surface area contributed by atoms with Crippen molar-refractivity contribution < 1.29 is 9.53 Å². The SMILES string of the molecule is O=C(NCc1ccccc1)c1nc2c(OCc3ccccn3)cc(-c3ccncc3)cc2s1. The fraction of sp³-hybridized carbons (Fsp3) is 0.0769. The van der Waals surface area contributed by atoms with E-state index in [9.17, 15) is 4.79 Å². The van der Waals surface area contributed by atoms with Crippen LogP contribution in [0.25, 0.3) is 21.3 Å². The fourth-order valence-corrected chi connectivity index (χ4v) is 4.34. The second-order valence-electron chi connectivity index (χ2n) is 7.35. The summed E-state index contributed by atoms with van der Waals surface area (Å²) in [6.45, 7) is 0.754. The number of aromatic nitrogens is 3. The second-order valence-corrected chi connectivity index (χ2v) is 8.38. The lowest BCUT2D eigenvalue weighted by molar-refractivity contribution is 0.0950. The Morgan fingerprint density at radius 3 is 2.52 bits per heavy atom. The molecule has 5 aromatic rings. The molecule has 1 amide bonds. The van der Waals surface area contributed by atoms with Crippen LogP contribution in [0.1, 0.15) is 21.1 Å². The molecule has 0 bridgehead atoms. The molecule has 0 aliphatic carbocycles. The van der Waals surface area contributed by atoms with Crippen LogP contribution in [0.2, 0.25) is 0 Å². The number of ether oxygens (including phenoxy) is 1. The van der Waals surface area contributed by atoms with Crippen LogP contribution in [-0.4, -0.2) is 20.9 Å². The molecule has 0 fully saturated rings. The maximum absolute atomic E-state index is 12.8. The maximum Gasteiger partial charge on any atom is 0.280 e. The molecule has 5 rings (SSSR count). The van der Waals surface area contributed by atoms with Gasteiger partial charge in [-0.05, 0) is 53.1 Å². The largest absolute Gasteiger partial charge is 0.485 e. The van der Waals surface area contributed by atoms with Crippen LogP contribution in [0.5, 0.6) is 5.75 Å². The minimum Gasteiger partial charge on any atom is -0.485 e. The summed E-state index contributed by atoms with van der Waals surface area (Å²) in [4.78, 5) is 25.9. The van der Waals surface area contributed by atoms with Crippen molar-refractivity contribution in [3.8, 4) is 16.9 Å². The number of fused-ring (bicyclic) bond motifs is 1. The molecular weight excluding hydrogens is 432 g/mol. The molecule has 3 aromatic heterocycles. The van der Waals surface area contributed by atoms with Gasteiger partial charge < -0.3 is 10.1 Å². The predicted molar refractivity (Wildman–Crippen MR) is 129 cm³/mol. The number of thiazole rings is 1. The molecule has 0 aliphatic heterocycles. The van der Waals surface area contributed by atoms with Crippen molar-refractivity contribution in [3.63, 3.8) is 0 Å². The number of hydrogen-bond donors (Lipinski definition) is 1. The van der Waals surface area contributed by atoms with E-state index < -0.39 is 0 Å². The highest BCUT2D eigenvalue weighted by molar-refractivity contribution is 7.20. The number of nitrogens with zero attached hydrogens (tertiary/aromatic N) is 3. The van der Waals surface area contributed by atoms with Crippen LogP contribution >= 0.6 is 11.3 Å². The van der Waals surface area contributed by atoms with Crippen molar-refractivity contribution in [2.45, 2.75) is 13.2 Å². The van der Waals surface area contributed by atoms with Crippen molar-refractivity contribution in [1.29, 1.82) is 0 Å². The van der Waals surface area contributed by atoms with Crippen LogP contribution in [0, 0.1) is 0 Å². The Balaban J connectivity index is 1.46. The van der Waals surface area contributed by atoms with Crippen molar-refractivity contribution in [2.24, 2.45) is 0 Å². The molecule has 2 aromatic carbocycles. The Kier molecular flexibility index (Phi) is 6.04. The van der Waals surface area contributed by atoms with Gasteiger partial charge in [0.15, 0.2) is 5.01 Å². The minimum atomic E-state index is -0.207. The number of carbonyl (C=O) groups excluding carboxylic acids is 1. The Hall–Kier alpha value is -4.10. The van der Waals surface area contributed by atoms with Crippen LogP contribution < -0.4 is 10.1 Å². The standard InChI is InChI=1S/C26H20N4O2S/c31-25(29-16-18-6-2-1-3-7-18)26-30-24-22(32-17-21-8-4-5-11-28-21)14-20(15-23(24)33-26)19-9-12-27-13-10-19/h1-15H,16-17H2,(H,29,31). The monoisotopic (exact) mass is 452 g/mol. The zero-order chi connectivity index (χ0) is 22.5. The van der Waals surface area contributed by atoms with E-state index in [0.717, 1.165) is 27.1 Å². The summed E-state index contributed by atoms with van der Waals surface area (Å²) >= 11 is 1.35. The van der Waals surface area contributed by atoms with Crippen LogP contribution in [-0.2, 0) is 13.2 Å². The molecule has 0 saturated carbocycles. The second kappa shape index (κ2) is 9.58. The lowest BCUT2D eigenvalue weighted by Gasteiger charge is -2.09. The summed E-state index contributed by atoms with van der Waals surface area (Å²) in [5.41, 5.74) is 4.50. The van der Waals surface area contributed by atoms with E-state index in [1.807, 2.05) is 72.8 Å². The molecule has 162 valence electrons. The van der Waals surface area contributed by atoms with Crippen molar-refractivity contribution in [1.82, 2.24) is 20.3 Å². The van der Waals surface area contributed by atoms with Gasteiger partial charge >= 0.3 is 0 Å². The van der Waals surface area contributed by atoms with Gasteiger partial charge in [-0.1, -0.05) is 36.4 Å². The van der Waals surface area contributed by atoms with E-state index in [0.29, 0.717) is 29.4 Å². The summed E-state index contributed by atoms with van der Waals surface area (Å²) in [5.74, 6) is 0.407. The minimum absolute atomic E-state index is 0.207. The lowest BCUT2D eigenvalue weighted by Crippen LogP contribution is -2.22. The predicted octanol–water partition coefficient (Wildman–Crippen LogP) is 5.26. The third kappa shape index (κ3) is 4.88. The Morgan fingerprint density at radius 2 is 1.73 bits per heavy atom. The number of hydrogen-bond acceptors (Lipinski definition) is 6. The molecule has 0 spiro atoms. The van der Waals surface area contributed by atoms with Crippen LogP contribution in [0.4, 0.5) is 0 Å². The third-order valence-corrected chi connectivity index (χ3v) is 6.07. The van der Waals surface area contributed by atoms with E-state index in [1.165, 1.54) is 11.3 Å². The molecule has 0 atom stereocenters. The molecule has 33 heavy (non-hydrogen) atoms. The first-order valence-electron chi connectivity index (χ1n) is 10.5. The molecule has 6 nitrogen and oxygen atoms in total. The molecule has 3 heterocycles. The molecule has 0 aliphatic rings. The highest BCUT2D eigenvalue weighted by Gasteiger charge is 2.17. The molecule has 0 radical (unpaired) electrons. The lowest BCUT2D eigenvalue weighted by atomic mass is 10.1. The maximum atomic E-state index is 12.8. The smallest absolute Gasteiger partial charge is 0.280 e. The highest BCUT2D eigenvalue weighted by atomic mass is 32.1. The Morgan fingerprint density at radius 1 is 0.909 bits per heavy atom. The van der Waals surface area contributed by atoms with Gasteiger partial charge in [0.2, 0.25) is 0 Å². The van der Waals surface area contributed by atoms with Crippen molar-refractivity contribution >= 4 is 27.5 Å². The fourth-order valence-electron chi connectivity index (χ4n) is 3.41. The zero-order valence-corrected chi connectivity index (χ0v) is 18.5. The van der Waals surface area contributed by atoms with Crippen molar-refractivity contribution in [2.75, 3.05) is 0 Å². The summed E-state index contributed by atoms with van der Waals surface area (Å²) in [6, 6.07) is 23.4. The summed E-state index contributed by atoms with van der Waals surface area (Å²) in [6.07, 6.45) is 5.24. The van der Waals surface area contributed by atoms with Gasteiger partial charge in [-0.2, -0.15) is 0 Å².